The highest BCUT2D eigenvalue weighted by Crippen LogP contribution is 2.27. The Balaban J connectivity index is 0.000000219. The monoisotopic (exact) mass is 418 g/mol. The number of H-pyrrole nitrogens is 1. The molecule has 1 aromatic heterocycles. The van der Waals surface area contributed by atoms with E-state index >= 15 is 0 Å². The zero-order chi connectivity index (χ0) is 16.3. The number of aliphatic hydroxyl groups excluding tert-OH is 1. The highest BCUT2D eigenvalue weighted by molar-refractivity contribution is 9.12. The highest BCUT2D eigenvalue weighted by atomic mass is 79.9. The maximum absolute atomic E-state index is 10.9. The van der Waals surface area contributed by atoms with Crippen molar-refractivity contribution in [2.45, 2.75) is 20.8 Å². The number of carbonyl (C=O) groups is 2. The van der Waals surface area contributed by atoms with Gasteiger partial charge < -0.3 is 10.2 Å². The number of ketones is 2. The SMILES string of the molecule is Cc1c[nH+]c(C)c(C)n1.O=C1C(O)=C(Br)C(=O)C([O-])=C1Br. The van der Waals surface area contributed by atoms with E-state index in [1.807, 2.05) is 27.0 Å². The van der Waals surface area contributed by atoms with Crippen LogP contribution in [0.2, 0.25) is 0 Å². The molecule has 0 fully saturated rings. The first kappa shape index (κ1) is 17.5. The third-order valence-electron chi connectivity index (χ3n) is 2.61. The molecule has 112 valence electrons. The van der Waals surface area contributed by atoms with Gasteiger partial charge >= 0.3 is 0 Å². The number of halogens is 2. The van der Waals surface area contributed by atoms with Gasteiger partial charge in [-0.1, -0.05) is 0 Å². The molecule has 0 atom stereocenters. The van der Waals surface area contributed by atoms with E-state index in [-0.39, 0.29) is 4.48 Å². The number of aryl methyl sites for hydroxylation is 3. The van der Waals surface area contributed by atoms with Crippen LogP contribution < -0.4 is 10.1 Å². The Hall–Kier alpha value is -1.54. The molecule has 2 rings (SSSR count). The van der Waals surface area contributed by atoms with Gasteiger partial charge in [0.2, 0.25) is 5.78 Å². The van der Waals surface area contributed by atoms with Crippen LogP contribution in [0, 0.1) is 20.8 Å². The van der Waals surface area contributed by atoms with E-state index in [0.717, 1.165) is 17.1 Å². The molecule has 0 radical (unpaired) electrons. The average Bonchev–Trinajstić information content (AvgIpc) is 2.46. The number of carbonyl (C=O) groups excluding carboxylic acids is 2. The number of rotatable bonds is 0. The van der Waals surface area contributed by atoms with Crippen molar-refractivity contribution in [2.24, 2.45) is 0 Å². The Morgan fingerprint density at radius 2 is 1.71 bits per heavy atom. The first-order valence-electron chi connectivity index (χ1n) is 5.74. The first-order chi connectivity index (χ1) is 9.66. The molecule has 0 saturated carbocycles. The van der Waals surface area contributed by atoms with Gasteiger partial charge in [0.05, 0.1) is 4.48 Å². The number of hydrogen-bond donors (Lipinski definition) is 1. The molecule has 1 heterocycles. The second-order valence-corrected chi connectivity index (χ2v) is 5.80. The number of allylic oxidation sites excluding steroid dienone is 2. The van der Waals surface area contributed by atoms with Crippen molar-refractivity contribution in [1.29, 1.82) is 0 Å². The molecule has 2 N–H and O–H groups in total. The quantitative estimate of drug-likeness (QED) is 0.633. The predicted molar refractivity (Wildman–Crippen MR) is 79.6 cm³/mol. The molecule has 0 saturated heterocycles. The minimum Gasteiger partial charge on any atom is -0.869 e. The van der Waals surface area contributed by atoms with Gasteiger partial charge in [-0.15, -0.1) is 0 Å². The molecule has 0 aliphatic heterocycles. The highest BCUT2D eigenvalue weighted by Gasteiger charge is 2.27. The summed E-state index contributed by atoms with van der Waals surface area (Å²) in [6, 6.07) is 0. The summed E-state index contributed by atoms with van der Waals surface area (Å²) in [6.07, 6.45) is 1.91. The number of nitrogens with zero attached hydrogens (tertiary/aromatic N) is 1. The lowest BCUT2D eigenvalue weighted by Crippen LogP contribution is -2.26. The Morgan fingerprint density at radius 3 is 2.19 bits per heavy atom. The molecule has 0 spiro atoms. The van der Waals surface area contributed by atoms with Gasteiger partial charge in [-0.05, 0) is 51.5 Å². The van der Waals surface area contributed by atoms with Crippen LogP contribution in [0.5, 0.6) is 0 Å². The third-order valence-corrected chi connectivity index (χ3v) is 4.07. The van der Waals surface area contributed by atoms with Crippen molar-refractivity contribution < 1.29 is 24.8 Å². The van der Waals surface area contributed by atoms with Gasteiger partial charge in [0.1, 0.15) is 15.9 Å². The smallest absolute Gasteiger partial charge is 0.235 e. The van der Waals surface area contributed by atoms with E-state index in [2.05, 4.69) is 41.8 Å². The molecule has 1 aromatic rings. The number of aromatic nitrogens is 2. The zero-order valence-corrected chi connectivity index (χ0v) is 14.6. The molecule has 1 aliphatic carbocycles. The van der Waals surface area contributed by atoms with Crippen LogP contribution in [0.15, 0.2) is 26.7 Å². The molecule has 0 unspecified atom stereocenters. The van der Waals surface area contributed by atoms with Crippen LogP contribution in [0.25, 0.3) is 0 Å². The molecular formula is C13H12Br2N2O4. The van der Waals surface area contributed by atoms with Gasteiger partial charge in [0.25, 0.3) is 0 Å². The lowest BCUT2D eigenvalue weighted by molar-refractivity contribution is -0.389. The summed E-state index contributed by atoms with van der Waals surface area (Å²) in [5.74, 6) is -3.51. The molecular weight excluding hydrogens is 408 g/mol. The van der Waals surface area contributed by atoms with Gasteiger partial charge in [-0.3, -0.25) is 9.59 Å². The average molecular weight is 420 g/mol. The van der Waals surface area contributed by atoms with Gasteiger partial charge in [0.15, 0.2) is 23.4 Å². The number of aromatic amines is 1. The van der Waals surface area contributed by atoms with E-state index in [0.29, 0.717) is 0 Å². The third kappa shape index (κ3) is 3.98. The van der Waals surface area contributed by atoms with Crippen LogP contribution in [-0.4, -0.2) is 21.7 Å². The van der Waals surface area contributed by atoms with Crippen LogP contribution in [0.3, 0.4) is 0 Å². The minimum absolute atomic E-state index is 0.388. The van der Waals surface area contributed by atoms with Crippen molar-refractivity contribution in [3.63, 3.8) is 0 Å². The van der Waals surface area contributed by atoms with Crippen LogP contribution >= 0.6 is 31.9 Å². The molecule has 6 nitrogen and oxygen atoms in total. The summed E-state index contributed by atoms with van der Waals surface area (Å²) >= 11 is 5.24. The van der Waals surface area contributed by atoms with Crippen LogP contribution in [0.4, 0.5) is 0 Å². The lowest BCUT2D eigenvalue weighted by Gasteiger charge is -2.17. The topological polar surface area (TPSA) is 104 Å². The number of aliphatic hydroxyl groups is 1. The Bertz CT molecular complexity index is 619. The van der Waals surface area contributed by atoms with Crippen LogP contribution in [0.1, 0.15) is 17.1 Å². The van der Waals surface area contributed by atoms with E-state index in [9.17, 15) is 14.7 Å². The predicted octanol–water partition coefficient (Wildman–Crippen LogP) is 1.09. The Kier molecular flexibility index (Phi) is 5.79. The van der Waals surface area contributed by atoms with Gasteiger partial charge in [-0.25, -0.2) is 9.97 Å². The number of hydrogen-bond acceptors (Lipinski definition) is 5. The van der Waals surface area contributed by atoms with E-state index in [1.165, 1.54) is 0 Å². The summed E-state index contributed by atoms with van der Waals surface area (Å²) in [4.78, 5) is 29.1. The lowest BCUT2D eigenvalue weighted by atomic mass is 10.1. The van der Waals surface area contributed by atoms with E-state index in [4.69, 9.17) is 5.11 Å². The van der Waals surface area contributed by atoms with Gasteiger partial charge in [0, 0.05) is 6.92 Å². The Labute approximate surface area is 137 Å². The fraction of sp³-hybridized carbons (Fsp3) is 0.231. The summed E-state index contributed by atoms with van der Waals surface area (Å²) in [5, 5.41) is 19.8. The fourth-order valence-corrected chi connectivity index (χ4v) is 2.04. The Morgan fingerprint density at radius 1 is 1.14 bits per heavy atom. The molecule has 0 amide bonds. The first-order valence-corrected chi connectivity index (χ1v) is 7.32. The number of Topliss-reactive ketones (excluding diaryl/α,β-unsaturated/α-hetero) is 2. The van der Waals surface area contributed by atoms with Crippen molar-refractivity contribution in [3.8, 4) is 0 Å². The van der Waals surface area contributed by atoms with Crippen molar-refractivity contribution >= 4 is 43.4 Å². The van der Waals surface area contributed by atoms with Crippen molar-refractivity contribution in [2.75, 3.05) is 0 Å². The molecule has 8 heteroatoms. The molecule has 21 heavy (non-hydrogen) atoms. The number of nitrogens with one attached hydrogen (secondary N) is 1. The molecule has 0 aromatic carbocycles. The van der Waals surface area contributed by atoms with E-state index < -0.39 is 27.6 Å². The summed E-state index contributed by atoms with van der Waals surface area (Å²) in [5.41, 5.74) is 3.26. The van der Waals surface area contributed by atoms with Crippen molar-refractivity contribution in [1.82, 2.24) is 4.98 Å². The largest absolute Gasteiger partial charge is 0.869 e. The summed E-state index contributed by atoms with van der Waals surface area (Å²) in [6.45, 7) is 5.99. The molecule has 1 aliphatic rings. The maximum Gasteiger partial charge on any atom is 0.235 e. The standard InChI is InChI=1S/C7H10N2.C6H2Br2O4/c1-5-4-8-6(2)7(3)9-5;7-1-3(9)5(11)2(8)6(12)4(1)10/h4H,1-3H3;9,12H. The zero-order valence-electron chi connectivity index (χ0n) is 11.5. The van der Waals surface area contributed by atoms with Crippen LogP contribution in [-0.2, 0) is 9.59 Å². The van der Waals surface area contributed by atoms with Gasteiger partial charge in [-0.2, -0.15) is 0 Å². The summed E-state index contributed by atoms with van der Waals surface area (Å²) in [7, 11) is 0. The second kappa shape index (κ2) is 6.95. The van der Waals surface area contributed by atoms with Crippen molar-refractivity contribution in [3.05, 3.63) is 43.8 Å². The normalized spacial score (nSPS) is 15.1. The maximum atomic E-state index is 10.9. The molecule has 0 bridgehead atoms. The summed E-state index contributed by atoms with van der Waals surface area (Å²) < 4.78 is -0.825. The minimum atomic E-state index is -0.954. The van der Waals surface area contributed by atoms with E-state index in [1.54, 1.807) is 0 Å². The fourth-order valence-electron chi connectivity index (χ4n) is 1.31. The second-order valence-electron chi connectivity index (χ2n) is 4.22.